The first kappa shape index (κ1) is 14.5. The van der Waals surface area contributed by atoms with E-state index in [-0.39, 0.29) is 6.54 Å². The highest BCUT2D eigenvalue weighted by atomic mass is 16.7. The third-order valence-electron chi connectivity index (χ3n) is 3.80. The zero-order chi connectivity index (χ0) is 15.9. The normalized spacial score (nSPS) is 27.6. The molecule has 0 bridgehead atoms. The summed E-state index contributed by atoms with van der Waals surface area (Å²) in [5, 5.41) is 3.55. The van der Waals surface area contributed by atoms with E-state index in [0.717, 1.165) is 5.56 Å². The van der Waals surface area contributed by atoms with Crippen LogP contribution in [0.4, 0.5) is 0 Å². The molecule has 8 nitrogen and oxygen atoms in total. The van der Waals surface area contributed by atoms with Crippen LogP contribution in [0.1, 0.15) is 11.6 Å². The minimum Gasteiger partial charge on any atom is -0.497 e. The summed E-state index contributed by atoms with van der Waals surface area (Å²) in [5.41, 5.74) is 5.95. The van der Waals surface area contributed by atoms with Gasteiger partial charge in [-0.1, -0.05) is 12.1 Å². The second-order valence-corrected chi connectivity index (χ2v) is 5.16. The molecule has 0 aromatic heterocycles. The minimum absolute atomic E-state index is 0.204. The standard InChI is InChI=1S/C14H15N3O5/c1-21-8-4-2-7(3-5-8)11-10-12(14(20)16-13(10)19)22-17(11)6-9(15)18/h2-5,10-12H,6H2,1H3,(H2,15,18)(H,16,19,20). The van der Waals surface area contributed by atoms with Crippen LogP contribution in [-0.4, -0.2) is 42.5 Å². The molecule has 2 aliphatic rings. The van der Waals surface area contributed by atoms with Crippen molar-refractivity contribution >= 4 is 17.7 Å². The Balaban J connectivity index is 1.96. The molecular weight excluding hydrogens is 290 g/mol. The van der Waals surface area contributed by atoms with Gasteiger partial charge >= 0.3 is 0 Å². The fourth-order valence-corrected chi connectivity index (χ4v) is 2.85. The predicted molar refractivity (Wildman–Crippen MR) is 73.1 cm³/mol. The van der Waals surface area contributed by atoms with Crippen LogP contribution in [0.5, 0.6) is 5.75 Å². The summed E-state index contributed by atoms with van der Waals surface area (Å²) >= 11 is 0. The molecular formula is C14H15N3O5. The molecule has 8 heteroatoms. The van der Waals surface area contributed by atoms with Crippen LogP contribution in [0.3, 0.4) is 0 Å². The van der Waals surface area contributed by atoms with Gasteiger partial charge < -0.3 is 10.5 Å². The molecule has 3 atom stereocenters. The van der Waals surface area contributed by atoms with Crippen molar-refractivity contribution in [3.63, 3.8) is 0 Å². The van der Waals surface area contributed by atoms with Crippen molar-refractivity contribution in [2.75, 3.05) is 13.7 Å². The van der Waals surface area contributed by atoms with Gasteiger partial charge in [-0.3, -0.25) is 24.5 Å². The van der Waals surface area contributed by atoms with E-state index in [4.69, 9.17) is 15.3 Å². The number of nitrogens with zero attached hydrogens (tertiary/aromatic N) is 1. The number of hydrogen-bond donors (Lipinski definition) is 2. The second-order valence-electron chi connectivity index (χ2n) is 5.16. The first-order valence-electron chi connectivity index (χ1n) is 6.71. The van der Waals surface area contributed by atoms with Gasteiger partial charge in [0.15, 0.2) is 6.10 Å². The predicted octanol–water partition coefficient (Wildman–Crippen LogP) is -0.890. The van der Waals surface area contributed by atoms with Gasteiger partial charge in [0, 0.05) is 0 Å². The van der Waals surface area contributed by atoms with E-state index in [1.54, 1.807) is 31.4 Å². The van der Waals surface area contributed by atoms with E-state index >= 15 is 0 Å². The Morgan fingerprint density at radius 2 is 2.00 bits per heavy atom. The zero-order valence-electron chi connectivity index (χ0n) is 11.8. The average Bonchev–Trinajstić information content (AvgIpc) is 2.97. The first-order chi connectivity index (χ1) is 10.5. The molecule has 3 amide bonds. The number of nitrogens with two attached hydrogens (primary N) is 1. The number of nitrogens with one attached hydrogen (secondary N) is 1. The number of benzene rings is 1. The van der Waals surface area contributed by atoms with E-state index in [1.807, 2.05) is 0 Å². The molecule has 0 aliphatic carbocycles. The molecule has 1 aromatic carbocycles. The second kappa shape index (κ2) is 5.39. The Bertz CT molecular complexity index is 630. The largest absolute Gasteiger partial charge is 0.497 e. The van der Waals surface area contributed by atoms with Gasteiger partial charge in [0.05, 0.1) is 19.1 Å². The summed E-state index contributed by atoms with van der Waals surface area (Å²) in [6, 6.07) is 6.44. The summed E-state index contributed by atoms with van der Waals surface area (Å²) in [5.74, 6) is -1.57. The lowest BCUT2D eigenvalue weighted by Crippen LogP contribution is -2.37. The molecule has 2 heterocycles. The van der Waals surface area contributed by atoms with E-state index in [2.05, 4.69) is 5.32 Å². The number of imide groups is 1. The fourth-order valence-electron chi connectivity index (χ4n) is 2.85. The van der Waals surface area contributed by atoms with Crippen LogP contribution in [0.25, 0.3) is 0 Å². The maximum absolute atomic E-state index is 12.0. The minimum atomic E-state index is -0.932. The summed E-state index contributed by atoms with van der Waals surface area (Å²) in [6.45, 7) is -0.204. The van der Waals surface area contributed by atoms with Crippen LogP contribution in [-0.2, 0) is 19.2 Å². The maximum Gasteiger partial charge on any atom is 0.258 e. The van der Waals surface area contributed by atoms with Gasteiger partial charge in [0.25, 0.3) is 5.91 Å². The zero-order valence-corrected chi connectivity index (χ0v) is 11.8. The molecule has 0 spiro atoms. The molecule has 2 aliphatic heterocycles. The van der Waals surface area contributed by atoms with Crippen molar-refractivity contribution in [3.05, 3.63) is 29.8 Å². The fraction of sp³-hybridized carbons (Fsp3) is 0.357. The summed E-state index contributed by atoms with van der Waals surface area (Å²) in [6.07, 6.45) is -0.932. The highest BCUT2D eigenvalue weighted by Gasteiger charge is 2.56. The van der Waals surface area contributed by atoms with Gasteiger partial charge in [-0.05, 0) is 17.7 Å². The number of carbonyl (C=O) groups is 3. The number of primary amides is 1. The molecule has 3 N–H and O–H groups in total. The number of fused-ring (bicyclic) bond motifs is 1. The molecule has 0 radical (unpaired) electrons. The maximum atomic E-state index is 12.0. The highest BCUT2D eigenvalue weighted by molar-refractivity contribution is 6.07. The lowest BCUT2D eigenvalue weighted by molar-refractivity contribution is -0.176. The van der Waals surface area contributed by atoms with Gasteiger partial charge in [-0.15, -0.1) is 0 Å². The highest BCUT2D eigenvalue weighted by Crippen LogP contribution is 2.42. The van der Waals surface area contributed by atoms with Crippen molar-refractivity contribution in [2.45, 2.75) is 12.1 Å². The number of hydroxylamine groups is 2. The van der Waals surface area contributed by atoms with Crippen LogP contribution in [0.2, 0.25) is 0 Å². The van der Waals surface area contributed by atoms with Crippen molar-refractivity contribution in [1.82, 2.24) is 10.4 Å². The monoisotopic (exact) mass is 305 g/mol. The number of amides is 3. The average molecular weight is 305 g/mol. The number of carbonyl (C=O) groups excluding carboxylic acids is 3. The Morgan fingerprint density at radius 1 is 1.32 bits per heavy atom. The third-order valence-corrected chi connectivity index (χ3v) is 3.80. The molecule has 22 heavy (non-hydrogen) atoms. The number of ether oxygens (including phenoxy) is 1. The molecule has 116 valence electrons. The summed E-state index contributed by atoms with van der Waals surface area (Å²) < 4.78 is 5.10. The quantitative estimate of drug-likeness (QED) is 0.698. The third kappa shape index (κ3) is 2.32. The van der Waals surface area contributed by atoms with Crippen molar-refractivity contribution in [1.29, 1.82) is 0 Å². The lowest BCUT2D eigenvalue weighted by Gasteiger charge is -2.24. The van der Waals surface area contributed by atoms with Crippen molar-refractivity contribution < 1.29 is 24.0 Å². The first-order valence-corrected chi connectivity index (χ1v) is 6.71. The smallest absolute Gasteiger partial charge is 0.258 e. The van der Waals surface area contributed by atoms with Gasteiger partial charge in [0.1, 0.15) is 12.3 Å². The van der Waals surface area contributed by atoms with Gasteiger partial charge in [0.2, 0.25) is 11.8 Å². The Kier molecular flexibility index (Phi) is 3.55. The lowest BCUT2D eigenvalue weighted by atomic mass is 9.91. The van der Waals surface area contributed by atoms with E-state index in [1.165, 1.54) is 5.06 Å². The van der Waals surface area contributed by atoms with E-state index < -0.39 is 35.8 Å². The Hall–Kier alpha value is -2.45. The Labute approximate surface area is 126 Å². The summed E-state index contributed by atoms with van der Waals surface area (Å²) in [4.78, 5) is 40.5. The van der Waals surface area contributed by atoms with Gasteiger partial charge in [-0.2, -0.15) is 5.06 Å². The molecule has 3 unspecified atom stereocenters. The van der Waals surface area contributed by atoms with Crippen LogP contribution in [0, 0.1) is 5.92 Å². The molecule has 1 aromatic rings. The number of rotatable bonds is 4. The van der Waals surface area contributed by atoms with Crippen LogP contribution < -0.4 is 15.8 Å². The molecule has 2 saturated heterocycles. The molecule has 2 fully saturated rings. The summed E-state index contributed by atoms with van der Waals surface area (Å²) in [7, 11) is 1.55. The molecule has 3 rings (SSSR count). The van der Waals surface area contributed by atoms with E-state index in [9.17, 15) is 14.4 Å². The van der Waals surface area contributed by atoms with Crippen molar-refractivity contribution in [3.8, 4) is 5.75 Å². The topological polar surface area (TPSA) is 111 Å². The van der Waals surface area contributed by atoms with Crippen LogP contribution in [0.15, 0.2) is 24.3 Å². The SMILES string of the molecule is COc1ccc(C2C3C(=O)NC(=O)C3ON2CC(N)=O)cc1. The van der Waals surface area contributed by atoms with Crippen molar-refractivity contribution in [2.24, 2.45) is 11.7 Å². The number of hydrogen-bond acceptors (Lipinski definition) is 6. The van der Waals surface area contributed by atoms with E-state index in [0.29, 0.717) is 5.75 Å². The van der Waals surface area contributed by atoms with Crippen LogP contribution >= 0.6 is 0 Å². The number of methoxy groups -OCH3 is 1. The van der Waals surface area contributed by atoms with Gasteiger partial charge in [-0.25, -0.2) is 0 Å². The molecule has 0 saturated carbocycles. The Morgan fingerprint density at radius 3 is 2.59 bits per heavy atom.